The van der Waals surface area contributed by atoms with Crippen molar-refractivity contribution >= 4 is 5.69 Å². The van der Waals surface area contributed by atoms with Crippen LogP contribution in [0.5, 0.6) is 0 Å². The summed E-state index contributed by atoms with van der Waals surface area (Å²) < 4.78 is 26.8. The molecule has 6 heteroatoms. The molecular weight excluding hydrogens is 242 g/mol. The highest BCUT2D eigenvalue weighted by molar-refractivity contribution is 5.45. The highest BCUT2D eigenvalue weighted by Gasteiger charge is 2.29. The normalized spacial score (nSPS) is 14.3. The first-order chi connectivity index (χ1) is 8.42. The van der Waals surface area contributed by atoms with Crippen molar-refractivity contribution in [1.29, 1.82) is 0 Å². The second-order valence-electron chi connectivity index (χ2n) is 4.17. The maximum atomic E-state index is 13.5. The van der Waals surface area contributed by atoms with Crippen LogP contribution in [0.1, 0.15) is 31.7 Å². The van der Waals surface area contributed by atoms with Crippen molar-refractivity contribution in [2.24, 2.45) is 0 Å². The Hall–Kier alpha value is -1.56. The molecule has 0 aromatic heterocycles. The molecule has 1 N–H and O–H groups in total. The van der Waals surface area contributed by atoms with Gasteiger partial charge in [-0.1, -0.05) is 6.92 Å². The summed E-state index contributed by atoms with van der Waals surface area (Å²) in [7, 11) is 1.70. The molecule has 2 unspecified atom stereocenters. The minimum atomic E-state index is -1.13. The first-order valence-corrected chi connectivity index (χ1v) is 5.72. The van der Waals surface area contributed by atoms with E-state index in [4.69, 9.17) is 0 Å². The van der Waals surface area contributed by atoms with Crippen LogP contribution in [-0.2, 0) is 0 Å². The van der Waals surface area contributed by atoms with E-state index in [1.807, 2.05) is 13.8 Å². The van der Waals surface area contributed by atoms with Crippen LogP contribution in [0.25, 0.3) is 0 Å². The number of nitro benzene ring substituents is 1. The lowest BCUT2D eigenvalue weighted by Crippen LogP contribution is -2.29. The van der Waals surface area contributed by atoms with E-state index < -0.39 is 22.2 Å². The predicted molar refractivity (Wildman–Crippen MR) is 64.6 cm³/mol. The van der Waals surface area contributed by atoms with Gasteiger partial charge in [0.1, 0.15) is 5.82 Å². The lowest BCUT2D eigenvalue weighted by Gasteiger charge is -2.22. The van der Waals surface area contributed by atoms with Gasteiger partial charge in [-0.2, -0.15) is 4.39 Å². The molecule has 0 radical (unpaired) electrons. The smallest absolute Gasteiger partial charge is 0.308 e. The lowest BCUT2D eigenvalue weighted by molar-refractivity contribution is -0.388. The highest BCUT2D eigenvalue weighted by atomic mass is 19.1. The van der Waals surface area contributed by atoms with E-state index in [2.05, 4.69) is 5.32 Å². The van der Waals surface area contributed by atoms with E-state index in [0.717, 1.165) is 6.07 Å². The first-order valence-electron chi connectivity index (χ1n) is 5.72. The SMILES string of the molecule is CCC(c1cc(F)cc(F)c1[N+](=O)[O-])C(C)NC. The van der Waals surface area contributed by atoms with Gasteiger partial charge in [-0.25, -0.2) is 4.39 Å². The second kappa shape index (κ2) is 5.86. The van der Waals surface area contributed by atoms with Crippen LogP contribution < -0.4 is 5.32 Å². The Bertz CT molecular complexity index is 452. The van der Waals surface area contributed by atoms with Gasteiger partial charge in [-0.15, -0.1) is 0 Å². The lowest BCUT2D eigenvalue weighted by atomic mass is 9.88. The molecule has 0 bridgehead atoms. The fraction of sp³-hybridized carbons (Fsp3) is 0.500. The van der Waals surface area contributed by atoms with Crippen molar-refractivity contribution in [2.45, 2.75) is 32.2 Å². The zero-order chi connectivity index (χ0) is 13.9. The second-order valence-corrected chi connectivity index (χ2v) is 4.17. The Labute approximate surface area is 104 Å². The van der Waals surface area contributed by atoms with Crippen molar-refractivity contribution in [3.63, 3.8) is 0 Å². The van der Waals surface area contributed by atoms with E-state index in [9.17, 15) is 18.9 Å². The number of halogens is 2. The maximum Gasteiger partial charge on any atom is 0.308 e. The standard InChI is InChI=1S/C12H16F2N2O2/c1-4-9(7(2)15-3)10-5-8(13)6-11(14)12(10)16(17)18/h5-7,9,15H,4H2,1-3H3. The molecular formula is C12H16F2N2O2. The predicted octanol–water partition coefficient (Wildman–Crippen LogP) is 2.97. The van der Waals surface area contributed by atoms with Crippen LogP contribution in [0.2, 0.25) is 0 Å². The summed E-state index contributed by atoms with van der Waals surface area (Å²) in [6, 6.07) is 1.47. The molecule has 0 saturated carbocycles. The van der Waals surface area contributed by atoms with Gasteiger partial charge in [0.15, 0.2) is 0 Å². The van der Waals surface area contributed by atoms with Crippen LogP contribution in [0, 0.1) is 21.7 Å². The summed E-state index contributed by atoms with van der Waals surface area (Å²) in [5.41, 5.74) is -0.535. The zero-order valence-corrected chi connectivity index (χ0v) is 10.5. The number of nitrogens with zero attached hydrogens (tertiary/aromatic N) is 1. The van der Waals surface area contributed by atoms with Gasteiger partial charge >= 0.3 is 5.69 Å². The largest absolute Gasteiger partial charge is 0.317 e. The monoisotopic (exact) mass is 258 g/mol. The van der Waals surface area contributed by atoms with Crippen LogP contribution in [-0.4, -0.2) is 18.0 Å². The number of rotatable bonds is 5. The summed E-state index contributed by atoms with van der Waals surface area (Å²) in [5.74, 6) is -2.24. The molecule has 0 amide bonds. The molecule has 1 aromatic carbocycles. The molecule has 2 atom stereocenters. The molecule has 0 aliphatic carbocycles. The molecule has 4 nitrogen and oxygen atoms in total. The molecule has 0 spiro atoms. The number of hydrogen-bond acceptors (Lipinski definition) is 3. The first kappa shape index (κ1) is 14.5. The van der Waals surface area contributed by atoms with E-state index in [0.29, 0.717) is 12.5 Å². The molecule has 0 aliphatic rings. The van der Waals surface area contributed by atoms with Crippen LogP contribution >= 0.6 is 0 Å². The Kier molecular flexibility index (Phi) is 4.72. The molecule has 0 saturated heterocycles. The third-order valence-corrected chi connectivity index (χ3v) is 3.14. The van der Waals surface area contributed by atoms with Gasteiger partial charge in [0.2, 0.25) is 5.82 Å². The van der Waals surface area contributed by atoms with Gasteiger partial charge in [-0.05, 0) is 26.5 Å². The summed E-state index contributed by atoms with van der Waals surface area (Å²) in [5, 5.41) is 13.9. The summed E-state index contributed by atoms with van der Waals surface area (Å²) >= 11 is 0. The number of nitrogens with one attached hydrogen (secondary N) is 1. The van der Waals surface area contributed by atoms with Crippen molar-refractivity contribution in [3.05, 3.63) is 39.4 Å². The number of hydrogen-bond donors (Lipinski definition) is 1. The van der Waals surface area contributed by atoms with E-state index in [-0.39, 0.29) is 17.5 Å². The number of likely N-dealkylation sites (N-methyl/N-ethyl adjacent to an activating group) is 1. The van der Waals surface area contributed by atoms with E-state index >= 15 is 0 Å². The van der Waals surface area contributed by atoms with Crippen LogP contribution in [0.4, 0.5) is 14.5 Å². The van der Waals surface area contributed by atoms with E-state index in [1.54, 1.807) is 7.05 Å². The average Bonchev–Trinajstić information content (AvgIpc) is 2.28. The van der Waals surface area contributed by atoms with Crippen molar-refractivity contribution < 1.29 is 13.7 Å². The van der Waals surface area contributed by atoms with Crippen molar-refractivity contribution in [3.8, 4) is 0 Å². The quantitative estimate of drug-likeness (QED) is 0.652. The third-order valence-electron chi connectivity index (χ3n) is 3.14. The molecule has 0 aliphatic heterocycles. The van der Waals surface area contributed by atoms with Crippen molar-refractivity contribution in [2.75, 3.05) is 7.05 Å². The van der Waals surface area contributed by atoms with Crippen LogP contribution in [0.15, 0.2) is 12.1 Å². The Morgan fingerprint density at radius 3 is 2.50 bits per heavy atom. The molecule has 18 heavy (non-hydrogen) atoms. The molecule has 1 aromatic rings. The molecule has 0 fully saturated rings. The van der Waals surface area contributed by atoms with Gasteiger partial charge in [0.05, 0.1) is 4.92 Å². The zero-order valence-electron chi connectivity index (χ0n) is 10.5. The third kappa shape index (κ3) is 2.81. The summed E-state index contributed by atoms with van der Waals surface area (Å²) in [6.07, 6.45) is 0.547. The van der Waals surface area contributed by atoms with Crippen LogP contribution in [0.3, 0.4) is 0 Å². The van der Waals surface area contributed by atoms with E-state index in [1.165, 1.54) is 0 Å². The average molecular weight is 258 g/mol. The van der Waals surface area contributed by atoms with Crippen molar-refractivity contribution in [1.82, 2.24) is 5.32 Å². The summed E-state index contributed by atoms with van der Waals surface area (Å²) in [6.45, 7) is 3.64. The summed E-state index contributed by atoms with van der Waals surface area (Å²) in [4.78, 5) is 10.1. The van der Waals surface area contributed by atoms with Gasteiger partial charge < -0.3 is 5.32 Å². The van der Waals surface area contributed by atoms with Gasteiger partial charge in [0.25, 0.3) is 0 Å². The fourth-order valence-electron chi connectivity index (χ4n) is 2.11. The molecule has 0 heterocycles. The fourth-order valence-corrected chi connectivity index (χ4v) is 2.11. The highest BCUT2D eigenvalue weighted by Crippen LogP contribution is 2.34. The molecule has 100 valence electrons. The minimum absolute atomic E-state index is 0.0989. The van der Waals surface area contributed by atoms with Gasteiger partial charge in [0, 0.05) is 23.6 Å². The number of nitro groups is 1. The Morgan fingerprint density at radius 1 is 1.44 bits per heavy atom. The molecule has 1 rings (SSSR count). The minimum Gasteiger partial charge on any atom is -0.317 e. The Balaban J connectivity index is 3.40. The topological polar surface area (TPSA) is 55.2 Å². The Morgan fingerprint density at radius 2 is 2.06 bits per heavy atom. The maximum absolute atomic E-state index is 13.5. The van der Waals surface area contributed by atoms with Gasteiger partial charge in [-0.3, -0.25) is 10.1 Å². The number of benzene rings is 1.